The molecule has 0 saturated heterocycles. The number of methoxy groups -OCH3 is 1. The number of hydrogen-bond donors (Lipinski definition) is 0. The maximum Gasteiger partial charge on any atom is 0.275 e. The second-order valence-corrected chi connectivity index (χ2v) is 8.08. The van der Waals surface area contributed by atoms with Gasteiger partial charge in [0.2, 0.25) is 0 Å². The van der Waals surface area contributed by atoms with Crippen LogP contribution in [-0.2, 0) is 12.5 Å². The van der Waals surface area contributed by atoms with Gasteiger partial charge in [-0.2, -0.15) is 0 Å². The molecule has 2 saturated carbocycles. The fourth-order valence-corrected chi connectivity index (χ4v) is 6.14. The zero-order valence-corrected chi connectivity index (χ0v) is 14.3. The van der Waals surface area contributed by atoms with Crippen molar-refractivity contribution in [2.75, 3.05) is 7.11 Å². The van der Waals surface area contributed by atoms with Gasteiger partial charge in [-0.15, -0.1) is 0 Å². The second kappa shape index (κ2) is 3.42. The second-order valence-electron chi connectivity index (χ2n) is 8.08. The summed E-state index contributed by atoms with van der Waals surface area (Å²) in [5.41, 5.74) is 4.21. The van der Waals surface area contributed by atoms with E-state index in [0.717, 1.165) is 17.0 Å². The average molecular weight is 310 g/mol. The summed E-state index contributed by atoms with van der Waals surface area (Å²) in [6.07, 6.45) is 1.19. The summed E-state index contributed by atoms with van der Waals surface area (Å²) in [5.74, 6) is 1.27. The highest BCUT2D eigenvalue weighted by molar-refractivity contribution is 5.63. The van der Waals surface area contributed by atoms with Crippen molar-refractivity contribution < 1.29 is 4.74 Å². The smallest absolute Gasteiger partial charge is 0.275 e. The molecule has 4 heteroatoms. The molecule has 2 aromatic rings. The number of hydrogen-bond acceptors (Lipinski definition) is 2. The van der Waals surface area contributed by atoms with Gasteiger partial charge in [0.15, 0.2) is 0 Å². The van der Waals surface area contributed by atoms with Crippen molar-refractivity contribution in [1.82, 2.24) is 9.36 Å². The Morgan fingerprint density at radius 3 is 2.43 bits per heavy atom. The average Bonchev–Trinajstić information content (AvgIpc) is 3.28. The van der Waals surface area contributed by atoms with Crippen molar-refractivity contribution >= 4 is 0 Å². The summed E-state index contributed by atoms with van der Waals surface area (Å²) >= 11 is 0. The maximum atomic E-state index is 13.1. The van der Waals surface area contributed by atoms with Gasteiger partial charge in [0.05, 0.1) is 18.5 Å². The van der Waals surface area contributed by atoms with Crippen LogP contribution < -0.4 is 10.3 Å². The first kappa shape index (κ1) is 13.5. The minimum absolute atomic E-state index is 0.144. The fourth-order valence-electron chi connectivity index (χ4n) is 6.14. The van der Waals surface area contributed by atoms with Gasteiger partial charge >= 0.3 is 0 Å². The van der Waals surface area contributed by atoms with E-state index in [1.54, 1.807) is 7.11 Å². The topological polar surface area (TPSA) is 36.2 Å². The van der Waals surface area contributed by atoms with Crippen LogP contribution in [0.25, 0.3) is 5.69 Å². The molecule has 2 fully saturated rings. The summed E-state index contributed by atoms with van der Waals surface area (Å²) in [7, 11) is 3.68. The van der Waals surface area contributed by atoms with Gasteiger partial charge in [0, 0.05) is 18.0 Å². The largest absolute Gasteiger partial charge is 0.497 e. The van der Waals surface area contributed by atoms with Gasteiger partial charge in [0.25, 0.3) is 5.56 Å². The third kappa shape index (κ3) is 1.07. The van der Waals surface area contributed by atoms with Crippen molar-refractivity contribution in [3.63, 3.8) is 0 Å². The number of ether oxygens (including phenoxy) is 1. The molecule has 0 bridgehead atoms. The van der Waals surface area contributed by atoms with E-state index in [0.29, 0.717) is 16.7 Å². The predicted molar refractivity (Wildman–Crippen MR) is 88.5 cm³/mol. The van der Waals surface area contributed by atoms with Crippen LogP contribution in [-0.4, -0.2) is 16.5 Å². The van der Waals surface area contributed by atoms with Gasteiger partial charge in [-0.25, -0.2) is 4.68 Å². The van der Waals surface area contributed by atoms with Crippen LogP contribution in [0.3, 0.4) is 0 Å². The van der Waals surface area contributed by atoms with Crippen molar-refractivity contribution in [3.8, 4) is 11.4 Å². The Kier molecular flexibility index (Phi) is 2.00. The molecule has 0 N–H and O–H groups in total. The molecule has 23 heavy (non-hydrogen) atoms. The lowest BCUT2D eigenvalue weighted by Gasteiger charge is -2.18. The van der Waals surface area contributed by atoms with E-state index >= 15 is 0 Å². The van der Waals surface area contributed by atoms with Crippen molar-refractivity contribution in [2.24, 2.45) is 17.9 Å². The van der Waals surface area contributed by atoms with E-state index in [-0.39, 0.29) is 11.0 Å². The first-order valence-electron chi connectivity index (χ1n) is 8.30. The predicted octanol–water partition coefficient (Wildman–Crippen LogP) is 2.97. The Morgan fingerprint density at radius 2 is 1.83 bits per heavy atom. The quantitative estimate of drug-likeness (QED) is 0.855. The molecule has 1 unspecified atom stereocenters. The molecular formula is C19H22N2O2. The summed E-state index contributed by atoms with van der Waals surface area (Å²) in [6, 6.07) is 7.72. The zero-order valence-electron chi connectivity index (χ0n) is 14.3. The molecular weight excluding hydrogens is 288 g/mol. The molecule has 1 aromatic heterocycles. The normalized spacial score (nSPS) is 34.6. The maximum absolute atomic E-state index is 13.1. The molecule has 1 aromatic carbocycles. The van der Waals surface area contributed by atoms with Crippen LogP contribution in [0.15, 0.2) is 29.1 Å². The standard InChI is InChI=1S/C19H22N2O2/c1-17(2)18(3)15-14(13-10-19(13,17)18)16(22)21(20(15)4)11-6-8-12(23-5)9-7-11/h6-9,13H,10H2,1-5H3/t13-,18+,19?/m1/s1. The Balaban J connectivity index is 1.73. The van der Waals surface area contributed by atoms with Crippen LogP contribution in [0.1, 0.15) is 44.4 Å². The van der Waals surface area contributed by atoms with Crippen LogP contribution in [0.2, 0.25) is 0 Å². The van der Waals surface area contributed by atoms with Crippen molar-refractivity contribution in [3.05, 3.63) is 45.9 Å². The van der Waals surface area contributed by atoms with E-state index in [1.165, 1.54) is 12.1 Å². The van der Waals surface area contributed by atoms with Gasteiger partial charge in [0.1, 0.15) is 5.75 Å². The van der Waals surface area contributed by atoms with E-state index in [2.05, 4.69) is 25.5 Å². The number of rotatable bonds is 2. The van der Waals surface area contributed by atoms with Gasteiger partial charge in [-0.1, -0.05) is 20.8 Å². The molecule has 1 spiro atoms. The molecule has 0 radical (unpaired) electrons. The summed E-state index contributed by atoms with van der Waals surface area (Å²) < 4.78 is 9.15. The molecule has 3 aliphatic carbocycles. The third-order valence-corrected chi connectivity index (χ3v) is 7.60. The minimum atomic E-state index is 0.144. The summed E-state index contributed by atoms with van der Waals surface area (Å²) in [6.45, 7) is 7.09. The van der Waals surface area contributed by atoms with E-state index in [1.807, 2.05) is 36.0 Å². The first-order chi connectivity index (χ1) is 10.8. The summed E-state index contributed by atoms with van der Waals surface area (Å²) in [5, 5.41) is 0. The molecule has 120 valence electrons. The van der Waals surface area contributed by atoms with E-state index < -0.39 is 0 Å². The number of benzene rings is 1. The molecule has 3 atom stereocenters. The Morgan fingerprint density at radius 1 is 1.17 bits per heavy atom. The highest BCUT2D eigenvalue weighted by Crippen LogP contribution is 2.97. The van der Waals surface area contributed by atoms with Gasteiger partial charge < -0.3 is 4.74 Å². The SMILES string of the molecule is COc1ccc(-n2c(=O)c3c(n2C)[C@@]2(C)C(C)(C)C24C[C@H]34)cc1. The van der Waals surface area contributed by atoms with Crippen LogP contribution in [0, 0.1) is 10.8 Å². The van der Waals surface area contributed by atoms with Crippen molar-refractivity contribution in [2.45, 2.75) is 38.5 Å². The monoisotopic (exact) mass is 310 g/mol. The van der Waals surface area contributed by atoms with E-state index in [9.17, 15) is 4.79 Å². The molecule has 4 nitrogen and oxygen atoms in total. The molecule has 0 aliphatic heterocycles. The highest BCUT2D eigenvalue weighted by Gasteiger charge is 2.95. The third-order valence-electron chi connectivity index (χ3n) is 7.60. The number of fused-ring (bicyclic) bond motifs is 3. The Bertz CT molecular complexity index is 918. The van der Waals surface area contributed by atoms with Crippen LogP contribution in [0.4, 0.5) is 0 Å². The molecule has 5 rings (SSSR count). The lowest BCUT2D eigenvalue weighted by atomic mass is 9.91. The lowest BCUT2D eigenvalue weighted by Crippen LogP contribution is -2.22. The Labute approximate surface area is 135 Å². The first-order valence-corrected chi connectivity index (χ1v) is 8.30. The molecule has 3 aliphatic rings. The van der Waals surface area contributed by atoms with Crippen LogP contribution >= 0.6 is 0 Å². The molecule has 1 heterocycles. The summed E-state index contributed by atoms with van der Waals surface area (Å²) in [4.78, 5) is 13.1. The zero-order chi connectivity index (χ0) is 16.4. The minimum Gasteiger partial charge on any atom is -0.497 e. The lowest BCUT2D eigenvalue weighted by molar-refractivity contribution is 0.414. The Hall–Kier alpha value is -1.97. The van der Waals surface area contributed by atoms with E-state index in [4.69, 9.17) is 4.74 Å². The fraction of sp³-hybridized carbons (Fsp3) is 0.526. The highest BCUT2D eigenvalue weighted by atomic mass is 16.5. The van der Waals surface area contributed by atoms with Crippen LogP contribution in [0.5, 0.6) is 5.75 Å². The van der Waals surface area contributed by atoms with Crippen molar-refractivity contribution in [1.29, 1.82) is 0 Å². The van der Waals surface area contributed by atoms with Gasteiger partial charge in [-0.05, 0) is 47.4 Å². The number of aromatic nitrogens is 2. The van der Waals surface area contributed by atoms with Gasteiger partial charge in [-0.3, -0.25) is 9.48 Å². The number of nitrogens with zero attached hydrogens (tertiary/aromatic N) is 2. The molecule has 0 amide bonds.